The summed E-state index contributed by atoms with van der Waals surface area (Å²) in [6, 6.07) is 8.42. The predicted octanol–water partition coefficient (Wildman–Crippen LogP) is 1.61. The Hall–Kier alpha value is -0.560. The average Bonchev–Trinajstić information content (AvgIpc) is 2.38. The summed E-state index contributed by atoms with van der Waals surface area (Å²) in [5.74, 6) is 0.0940. The van der Waals surface area contributed by atoms with Crippen molar-refractivity contribution >= 4 is 21.8 Å². The zero-order valence-corrected chi connectivity index (χ0v) is 12.6. The van der Waals surface area contributed by atoms with E-state index in [1.165, 1.54) is 11.9 Å². The molecule has 0 aliphatic rings. The van der Waals surface area contributed by atoms with Gasteiger partial charge in [0.05, 0.1) is 5.75 Å². The van der Waals surface area contributed by atoms with E-state index in [0.717, 1.165) is 5.56 Å². The largest absolute Gasteiger partial charge is 0.309 e. The van der Waals surface area contributed by atoms with E-state index in [1.54, 1.807) is 11.8 Å². The fourth-order valence-electron chi connectivity index (χ4n) is 1.52. The Morgan fingerprint density at radius 2 is 1.89 bits per heavy atom. The molecule has 0 saturated carbocycles. The molecule has 1 aromatic rings. The fourth-order valence-corrected chi connectivity index (χ4v) is 2.52. The minimum absolute atomic E-state index is 0.0940. The molecule has 0 fully saturated rings. The third kappa shape index (κ3) is 4.97. The lowest BCUT2D eigenvalue weighted by Gasteiger charge is -2.14. The van der Waals surface area contributed by atoms with Gasteiger partial charge in [-0.1, -0.05) is 12.1 Å². The lowest BCUT2D eigenvalue weighted by molar-refractivity contribution is 0.567. The van der Waals surface area contributed by atoms with Crippen LogP contribution in [0.4, 0.5) is 0 Å². The highest BCUT2D eigenvalue weighted by Gasteiger charge is 2.09. The summed E-state index contributed by atoms with van der Waals surface area (Å²) in [6.45, 7) is 2.47. The monoisotopic (exact) mass is 288 g/mol. The van der Waals surface area contributed by atoms with Crippen molar-refractivity contribution < 1.29 is 8.42 Å². The van der Waals surface area contributed by atoms with Crippen LogP contribution >= 0.6 is 11.8 Å². The smallest absolute Gasteiger partial charge is 0.212 e. The summed E-state index contributed by atoms with van der Waals surface area (Å²) in [4.78, 5) is 1.23. The second-order valence-corrected chi connectivity index (χ2v) is 6.90. The molecule has 0 aliphatic carbocycles. The van der Waals surface area contributed by atoms with Crippen molar-refractivity contribution in [3.8, 4) is 0 Å². The number of hydrogen-bond acceptors (Lipinski definition) is 4. The molecule has 0 heterocycles. The first-order chi connectivity index (χ1) is 8.48. The van der Waals surface area contributed by atoms with Crippen LogP contribution in [0.25, 0.3) is 0 Å². The maximum atomic E-state index is 11.2. The van der Waals surface area contributed by atoms with Gasteiger partial charge in [0.1, 0.15) is 0 Å². The van der Waals surface area contributed by atoms with Crippen LogP contribution in [0.2, 0.25) is 0 Å². The third-order valence-electron chi connectivity index (χ3n) is 2.75. The highest BCUT2D eigenvalue weighted by atomic mass is 32.2. The first kappa shape index (κ1) is 15.5. The van der Waals surface area contributed by atoms with E-state index in [-0.39, 0.29) is 11.8 Å². The Bertz CT molecular complexity index is 457. The van der Waals surface area contributed by atoms with Crippen LogP contribution in [0.15, 0.2) is 29.2 Å². The molecule has 0 bridgehead atoms. The van der Waals surface area contributed by atoms with Gasteiger partial charge in [0.25, 0.3) is 0 Å². The normalized spacial score (nSPS) is 13.5. The van der Waals surface area contributed by atoms with Crippen LogP contribution in [-0.4, -0.2) is 34.0 Å². The van der Waals surface area contributed by atoms with Crippen LogP contribution in [0.5, 0.6) is 0 Å². The number of nitrogens with one attached hydrogen (secondary N) is 2. The van der Waals surface area contributed by atoms with E-state index in [1.807, 2.05) is 13.2 Å². The van der Waals surface area contributed by atoms with Crippen LogP contribution in [0.1, 0.15) is 18.5 Å². The maximum absolute atomic E-state index is 11.2. The molecule has 1 unspecified atom stereocenters. The average molecular weight is 288 g/mol. The molecule has 0 amide bonds. The molecule has 0 saturated heterocycles. The Balaban J connectivity index is 2.47. The molecule has 102 valence electrons. The molecule has 18 heavy (non-hydrogen) atoms. The number of sulfonamides is 1. The number of hydrogen-bond donors (Lipinski definition) is 2. The van der Waals surface area contributed by atoms with Crippen molar-refractivity contribution in [2.75, 3.05) is 25.6 Å². The quantitative estimate of drug-likeness (QED) is 0.748. The minimum atomic E-state index is -3.12. The molecule has 0 aliphatic heterocycles. The third-order valence-corrected chi connectivity index (χ3v) is 4.86. The summed E-state index contributed by atoms with van der Waals surface area (Å²) >= 11 is 1.71. The lowest BCUT2D eigenvalue weighted by Crippen LogP contribution is -2.30. The first-order valence-electron chi connectivity index (χ1n) is 5.77. The summed E-state index contributed by atoms with van der Waals surface area (Å²) in [5, 5.41) is 3.20. The van der Waals surface area contributed by atoms with E-state index < -0.39 is 10.0 Å². The van der Waals surface area contributed by atoms with Crippen molar-refractivity contribution in [2.45, 2.75) is 17.9 Å². The maximum Gasteiger partial charge on any atom is 0.212 e. The van der Waals surface area contributed by atoms with Crippen LogP contribution < -0.4 is 10.0 Å². The summed E-state index contributed by atoms with van der Waals surface area (Å²) in [7, 11) is -1.69. The molecular formula is C12H20N2O2S2. The molecule has 1 rings (SSSR count). The summed E-state index contributed by atoms with van der Waals surface area (Å²) in [5.41, 5.74) is 1.16. The first-order valence-corrected chi connectivity index (χ1v) is 8.65. The molecular weight excluding hydrogens is 268 g/mol. The van der Waals surface area contributed by atoms with Gasteiger partial charge in [-0.15, -0.1) is 11.8 Å². The van der Waals surface area contributed by atoms with Gasteiger partial charge in [-0.25, -0.2) is 13.1 Å². The second-order valence-electron chi connectivity index (χ2n) is 3.97. The topological polar surface area (TPSA) is 58.2 Å². The van der Waals surface area contributed by atoms with Crippen molar-refractivity contribution in [3.63, 3.8) is 0 Å². The number of thioether (sulfide) groups is 1. The molecule has 0 aromatic heterocycles. The Morgan fingerprint density at radius 3 is 2.39 bits per heavy atom. The van der Waals surface area contributed by atoms with Crippen molar-refractivity contribution in [2.24, 2.45) is 0 Å². The van der Waals surface area contributed by atoms with Crippen LogP contribution in [0, 0.1) is 0 Å². The highest BCUT2D eigenvalue weighted by molar-refractivity contribution is 7.98. The van der Waals surface area contributed by atoms with Crippen molar-refractivity contribution in [1.82, 2.24) is 10.0 Å². The number of rotatable bonds is 7. The molecule has 6 heteroatoms. The van der Waals surface area contributed by atoms with Gasteiger partial charge in [0.2, 0.25) is 10.0 Å². The van der Waals surface area contributed by atoms with Gasteiger partial charge in [0.15, 0.2) is 0 Å². The van der Waals surface area contributed by atoms with E-state index >= 15 is 0 Å². The van der Waals surface area contributed by atoms with Crippen molar-refractivity contribution in [1.29, 1.82) is 0 Å². The van der Waals surface area contributed by atoms with Gasteiger partial charge < -0.3 is 5.32 Å². The molecule has 4 nitrogen and oxygen atoms in total. The second kappa shape index (κ2) is 7.13. The molecule has 1 atom stereocenters. The molecule has 0 radical (unpaired) electrons. The molecule has 2 N–H and O–H groups in total. The van der Waals surface area contributed by atoms with Crippen LogP contribution in [0.3, 0.4) is 0 Å². The zero-order chi connectivity index (χ0) is 13.6. The van der Waals surface area contributed by atoms with Crippen LogP contribution in [-0.2, 0) is 10.0 Å². The minimum Gasteiger partial charge on any atom is -0.309 e. The Kier molecular flexibility index (Phi) is 6.14. The lowest BCUT2D eigenvalue weighted by atomic mass is 10.1. The zero-order valence-electron chi connectivity index (χ0n) is 10.9. The predicted molar refractivity (Wildman–Crippen MR) is 77.5 cm³/mol. The van der Waals surface area contributed by atoms with Gasteiger partial charge in [0, 0.05) is 17.5 Å². The van der Waals surface area contributed by atoms with Crippen molar-refractivity contribution in [3.05, 3.63) is 29.8 Å². The van der Waals surface area contributed by atoms with Gasteiger partial charge >= 0.3 is 0 Å². The summed E-state index contributed by atoms with van der Waals surface area (Å²) in [6.07, 6.45) is 2.04. The Morgan fingerprint density at radius 1 is 1.28 bits per heavy atom. The van der Waals surface area contributed by atoms with E-state index in [4.69, 9.17) is 0 Å². The fraction of sp³-hybridized carbons (Fsp3) is 0.500. The van der Waals surface area contributed by atoms with Gasteiger partial charge in [-0.05, 0) is 37.9 Å². The van der Waals surface area contributed by atoms with E-state index in [0.29, 0.717) is 6.54 Å². The SMILES string of the molecule is CNS(=O)(=O)CCNC(C)c1ccc(SC)cc1. The Labute approximate surface area is 114 Å². The van der Waals surface area contributed by atoms with Gasteiger partial charge in [-0.3, -0.25) is 0 Å². The van der Waals surface area contributed by atoms with E-state index in [2.05, 4.69) is 34.3 Å². The molecule has 1 aromatic carbocycles. The standard InChI is InChI=1S/C12H20N2O2S2/c1-10(14-8-9-18(15,16)13-2)11-4-6-12(17-3)7-5-11/h4-7,10,13-14H,8-9H2,1-3H3. The van der Waals surface area contributed by atoms with E-state index in [9.17, 15) is 8.42 Å². The number of benzene rings is 1. The summed E-state index contributed by atoms with van der Waals surface area (Å²) < 4.78 is 24.8. The molecule has 0 spiro atoms. The van der Waals surface area contributed by atoms with Gasteiger partial charge in [-0.2, -0.15) is 0 Å². The highest BCUT2D eigenvalue weighted by Crippen LogP contribution is 2.18.